The van der Waals surface area contributed by atoms with Crippen LogP contribution in [0.25, 0.3) is 0 Å². The van der Waals surface area contributed by atoms with E-state index in [-0.39, 0.29) is 24.5 Å². The van der Waals surface area contributed by atoms with Gasteiger partial charge < -0.3 is 24.7 Å². The molecule has 0 radical (unpaired) electrons. The maximum absolute atomic E-state index is 11.8. The van der Waals surface area contributed by atoms with Gasteiger partial charge in [0.2, 0.25) is 5.91 Å². The van der Waals surface area contributed by atoms with Crippen molar-refractivity contribution in [2.45, 2.75) is 32.3 Å². The van der Waals surface area contributed by atoms with Crippen molar-refractivity contribution >= 4 is 12.0 Å². The van der Waals surface area contributed by atoms with Crippen molar-refractivity contribution in [2.24, 2.45) is 5.92 Å². The number of nitrogens with zero attached hydrogens (tertiary/aromatic N) is 3. The molecule has 1 atom stereocenters. The fourth-order valence-corrected chi connectivity index (χ4v) is 3.62. The van der Waals surface area contributed by atoms with E-state index in [9.17, 15) is 19.8 Å². The lowest BCUT2D eigenvalue weighted by Crippen LogP contribution is -2.53. The molecule has 2 amide bonds. The Bertz CT molecular complexity index is 465. The number of rotatable bonds is 4. The highest BCUT2D eigenvalue weighted by molar-refractivity contribution is 5.73. The molecule has 2 fully saturated rings. The molecule has 2 aliphatic rings. The van der Waals surface area contributed by atoms with Crippen LogP contribution in [0.1, 0.15) is 26.7 Å². The third kappa shape index (κ3) is 5.55. The van der Waals surface area contributed by atoms with Crippen molar-refractivity contribution in [2.75, 3.05) is 59.0 Å². The number of likely N-dealkylation sites (tertiary alicyclic amines) is 1. The summed E-state index contributed by atoms with van der Waals surface area (Å²) in [4.78, 5) is 28.9. The van der Waals surface area contributed by atoms with E-state index in [4.69, 9.17) is 4.74 Å². The highest BCUT2D eigenvalue weighted by atomic mass is 16.6. The molecule has 2 saturated heterocycles. The molecule has 0 aromatic rings. The number of piperidine rings is 1. The van der Waals surface area contributed by atoms with Gasteiger partial charge in [0.15, 0.2) is 0 Å². The Balaban J connectivity index is 1.90. The van der Waals surface area contributed by atoms with Crippen LogP contribution in [0.2, 0.25) is 0 Å². The van der Waals surface area contributed by atoms with E-state index < -0.39 is 5.60 Å². The number of β-amino-alcohol motifs (C(OH)–C–C–N with tert-alkyl or cyclic N) is 1. The number of hydrogen-bond donors (Lipinski definition) is 2. The highest BCUT2D eigenvalue weighted by Gasteiger charge is 2.37. The first-order valence-electron chi connectivity index (χ1n) is 9.09. The average Bonchev–Trinajstić information content (AvgIpc) is 2.77. The molecular formula is C17H31N3O5. The van der Waals surface area contributed by atoms with Gasteiger partial charge in [-0.15, -0.1) is 0 Å². The molecule has 0 bridgehead atoms. The summed E-state index contributed by atoms with van der Waals surface area (Å²) < 4.78 is 5.01. The van der Waals surface area contributed by atoms with Crippen LogP contribution in [0.4, 0.5) is 4.79 Å². The monoisotopic (exact) mass is 357 g/mol. The Kier molecular flexibility index (Phi) is 7.04. The third-order valence-electron chi connectivity index (χ3n) is 5.12. The van der Waals surface area contributed by atoms with Crippen molar-refractivity contribution in [3.8, 4) is 0 Å². The van der Waals surface area contributed by atoms with Crippen molar-refractivity contribution in [1.29, 1.82) is 0 Å². The standard InChI is InChI=1S/C17H31N3O5/c1-3-25-16(23)19-6-4-17(24,5-7-19)13-18-8-9-20(14(2)22)11-15(10-18)12-21/h15,21,24H,3-13H2,1-2H3/t15-/m0/s1. The largest absolute Gasteiger partial charge is 0.450 e. The molecule has 0 aliphatic carbocycles. The second kappa shape index (κ2) is 8.82. The Hall–Kier alpha value is -1.38. The Morgan fingerprint density at radius 2 is 1.80 bits per heavy atom. The molecule has 2 heterocycles. The van der Waals surface area contributed by atoms with Gasteiger partial charge in [0.25, 0.3) is 0 Å². The van der Waals surface area contributed by atoms with Crippen molar-refractivity contribution in [1.82, 2.24) is 14.7 Å². The molecule has 0 aromatic heterocycles. The van der Waals surface area contributed by atoms with E-state index >= 15 is 0 Å². The number of aliphatic hydroxyl groups excluding tert-OH is 1. The second-order valence-corrected chi connectivity index (χ2v) is 7.16. The smallest absolute Gasteiger partial charge is 0.409 e. The van der Waals surface area contributed by atoms with Crippen molar-refractivity contribution < 1.29 is 24.5 Å². The fraction of sp³-hybridized carbons (Fsp3) is 0.882. The summed E-state index contributed by atoms with van der Waals surface area (Å²) in [6.07, 6.45) is 0.683. The van der Waals surface area contributed by atoms with Gasteiger partial charge in [0, 0.05) is 65.3 Å². The Morgan fingerprint density at radius 3 is 2.36 bits per heavy atom. The quantitative estimate of drug-likeness (QED) is 0.720. The third-order valence-corrected chi connectivity index (χ3v) is 5.12. The predicted molar refractivity (Wildman–Crippen MR) is 92.0 cm³/mol. The maximum atomic E-state index is 11.8. The minimum absolute atomic E-state index is 0.00498. The molecule has 0 saturated carbocycles. The molecule has 2 N–H and O–H groups in total. The van der Waals surface area contributed by atoms with E-state index in [1.165, 1.54) is 0 Å². The number of ether oxygens (including phenoxy) is 1. The van der Waals surface area contributed by atoms with Crippen LogP contribution in [-0.4, -0.2) is 102 Å². The molecule has 144 valence electrons. The highest BCUT2D eigenvalue weighted by Crippen LogP contribution is 2.25. The van der Waals surface area contributed by atoms with Gasteiger partial charge in [-0.1, -0.05) is 0 Å². The summed E-state index contributed by atoms with van der Waals surface area (Å²) in [6.45, 7) is 7.64. The van der Waals surface area contributed by atoms with Crippen LogP contribution in [0, 0.1) is 5.92 Å². The SMILES string of the molecule is CCOC(=O)N1CCC(O)(CN2CCN(C(C)=O)C[C@@H](CO)C2)CC1. The second-order valence-electron chi connectivity index (χ2n) is 7.16. The number of carbonyl (C=O) groups excluding carboxylic acids is 2. The molecule has 8 nitrogen and oxygen atoms in total. The summed E-state index contributed by atoms with van der Waals surface area (Å²) in [5, 5.41) is 20.5. The minimum Gasteiger partial charge on any atom is -0.450 e. The summed E-state index contributed by atoms with van der Waals surface area (Å²) in [7, 11) is 0. The van der Waals surface area contributed by atoms with Crippen LogP contribution in [-0.2, 0) is 9.53 Å². The molecular weight excluding hydrogens is 326 g/mol. The molecule has 0 spiro atoms. The molecule has 0 aromatic carbocycles. The zero-order chi connectivity index (χ0) is 18.4. The van der Waals surface area contributed by atoms with Gasteiger partial charge in [0.05, 0.1) is 12.2 Å². The predicted octanol–water partition coefficient (Wildman–Crippen LogP) is -0.258. The lowest BCUT2D eigenvalue weighted by Gasteiger charge is -2.40. The van der Waals surface area contributed by atoms with Gasteiger partial charge in [0.1, 0.15) is 0 Å². The maximum Gasteiger partial charge on any atom is 0.409 e. The minimum atomic E-state index is -0.853. The van der Waals surface area contributed by atoms with E-state index in [1.54, 1.807) is 23.6 Å². The Morgan fingerprint density at radius 1 is 1.12 bits per heavy atom. The number of hydrogen-bond acceptors (Lipinski definition) is 6. The molecule has 25 heavy (non-hydrogen) atoms. The number of amides is 2. The van der Waals surface area contributed by atoms with Gasteiger partial charge >= 0.3 is 6.09 Å². The zero-order valence-electron chi connectivity index (χ0n) is 15.3. The number of aliphatic hydroxyl groups is 2. The van der Waals surface area contributed by atoms with E-state index in [0.29, 0.717) is 65.3 Å². The van der Waals surface area contributed by atoms with Crippen LogP contribution in [0.3, 0.4) is 0 Å². The van der Waals surface area contributed by atoms with E-state index in [2.05, 4.69) is 4.90 Å². The van der Waals surface area contributed by atoms with Crippen LogP contribution >= 0.6 is 0 Å². The van der Waals surface area contributed by atoms with Gasteiger partial charge in [-0.25, -0.2) is 4.79 Å². The lowest BCUT2D eigenvalue weighted by molar-refractivity contribution is -0.129. The molecule has 0 unspecified atom stereocenters. The summed E-state index contributed by atoms with van der Waals surface area (Å²) in [5.41, 5.74) is -0.853. The van der Waals surface area contributed by atoms with Crippen LogP contribution < -0.4 is 0 Å². The van der Waals surface area contributed by atoms with E-state index in [1.807, 2.05) is 0 Å². The zero-order valence-corrected chi connectivity index (χ0v) is 15.3. The van der Waals surface area contributed by atoms with Crippen molar-refractivity contribution in [3.63, 3.8) is 0 Å². The molecule has 2 aliphatic heterocycles. The molecule has 2 rings (SSSR count). The number of carbonyl (C=O) groups is 2. The summed E-state index contributed by atoms with van der Waals surface area (Å²) in [6, 6.07) is 0. The first-order chi connectivity index (χ1) is 11.9. The van der Waals surface area contributed by atoms with Crippen LogP contribution in [0.15, 0.2) is 0 Å². The van der Waals surface area contributed by atoms with Gasteiger partial charge in [-0.05, 0) is 19.8 Å². The van der Waals surface area contributed by atoms with Gasteiger partial charge in [-0.3, -0.25) is 9.69 Å². The summed E-state index contributed by atoms with van der Waals surface area (Å²) in [5.74, 6) is 0.0105. The fourth-order valence-electron chi connectivity index (χ4n) is 3.62. The average molecular weight is 357 g/mol. The van der Waals surface area contributed by atoms with Crippen molar-refractivity contribution in [3.05, 3.63) is 0 Å². The first kappa shape index (κ1) is 19.9. The summed E-state index contributed by atoms with van der Waals surface area (Å²) >= 11 is 0. The van der Waals surface area contributed by atoms with E-state index in [0.717, 1.165) is 0 Å². The van der Waals surface area contributed by atoms with Crippen LogP contribution in [0.5, 0.6) is 0 Å². The normalized spacial score (nSPS) is 24.7. The van der Waals surface area contributed by atoms with Gasteiger partial charge in [-0.2, -0.15) is 0 Å². The topological polar surface area (TPSA) is 93.5 Å². The first-order valence-corrected chi connectivity index (χ1v) is 9.09. The lowest BCUT2D eigenvalue weighted by atomic mass is 9.90. The Labute approximate surface area is 149 Å². The molecule has 8 heteroatoms.